The number of allylic oxidation sites excluding steroid dienone is 1. The Hall–Kier alpha value is -2.48. The van der Waals surface area contributed by atoms with Crippen LogP contribution >= 0.6 is 11.8 Å². The van der Waals surface area contributed by atoms with Gasteiger partial charge in [-0.15, -0.1) is 16.8 Å². The van der Waals surface area contributed by atoms with Crippen LogP contribution in [-0.4, -0.2) is 34.9 Å². The van der Waals surface area contributed by atoms with Gasteiger partial charge in [-0.3, -0.25) is 14.6 Å². The molecule has 0 fully saturated rings. The number of aromatic amines is 1. The van der Waals surface area contributed by atoms with E-state index in [0.29, 0.717) is 18.2 Å². The predicted octanol–water partition coefficient (Wildman–Crippen LogP) is 3.06. The van der Waals surface area contributed by atoms with Gasteiger partial charge in [-0.1, -0.05) is 37.8 Å². The van der Waals surface area contributed by atoms with Crippen molar-refractivity contribution in [2.75, 3.05) is 0 Å². The highest BCUT2D eigenvalue weighted by Gasteiger charge is 2.15. The van der Waals surface area contributed by atoms with Crippen LogP contribution in [0.15, 0.2) is 42.2 Å². The lowest BCUT2D eigenvalue weighted by atomic mass is 10.2. The second-order valence-corrected chi connectivity index (χ2v) is 6.45. The summed E-state index contributed by atoms with van der Waals surface area (Å²) >= 11 is 1.56. The molecule has 3 heterocycles. The molecule has 0 aliphatic heterocycles. The van der Waals surface area contributed by atoms with E-state index in [4.69, 9.17) is 0 Å². The Morgan fingerprint density at radius 1 is 1.33 bits per heavy atom. The number of aromatic nitrogens is 7. The monoisotopic (exact) mass is 341 g/mol. The number of hydrogen-bond acceptors (Lipinski definition) is 6. The summed E-state index contributed by atoms with van der Waals surface area (Å²) in [5.74, 6) is 3.35. The average Bonchev–Trinajstić information content (AvgIpc) is 3.21. The molecule has 24 heavy (non-hydrogen) atoms. The minimum Gasteiger partial charge on any atom is -0.297 e. The molecule has 7 nitrogen and oxygen atoms in total. The zero-order valence-electron chi connectivity index (χ0n) is 13.7. The standard InChI is InChI=1S/C16H19N7S/c1-4-9-23-15(12-7-5-6-8-17-12)21-22-16(23)24-10-13-18-14(11(2)3)20-19-13/h4-8,11H,1,9-10H2,2-3H3,(H,18,19,20). The molecule has 0 spiro atoms. The molecule has 0 atom stereocenters. The van der Waals surface area contributed by atoms with E-state index >= 15 is 0 Å². The van der Waals surface area contributed by atoms with Crippen LogP contribution in [0, 0.1) is 0 Å². The van der Waals surface area contributed by atoms with Gasteiger partial charge in [-0.2, -0.15) is 5.10 Å². The van der Waals surface area contributed by atoms with Crippen LogP contribution in [0.3, 0.4) is 0 Å². The highest BCUT2D eigenvalue weighted by atomic mass is 32.2. The van der Waals surface area contributed by atoms with Crippen molar-refractivity contribution < 1.29 is 0 Å². The number of nitrogens with one attached hydrogen (secondary N) is 1. The Morgan fingerprint density at radius 3 is 2.88 bits per heavy atom. The first kappa shape index (κ1) is 16.4. The van der Waals surface area contributed by atoms with Crippen LogP contribution < -0.4 is 0 Å². The Balaban J connectivity index is 1.80. The molecule has 8 heteroatoms. The second-order valence-electron chi connectivity index (χ2n) is 5.50. The van der Waals surface area contributed by atoms with Crippen molar-refractivity contribution in [3.05, 3.63) is 48.7 Å². The molecular formula is C16H19N7S. The van der Waals surface area contributed by atoms with E-state index in [9.17, 15) is 0 Å². The fraction of sp³-hybridized carbons (Fsp3) is 0.312. The van der Waals surface area contributed by atoms with Gasteiger partial charge >= 0.3 is 0 Å². The summed E-state index contributed by atoms with van der Waals surface area (Å²) in [4.78, 5) is 8.84. The van der Waals surface area contributed by atoms with E-state index in [1.165, 1.54) is 0 Å². The molecule has 0 aliphatic rings. The van der Waals surface area contributed by atoms with Crippen molar-refractivity contribution in [3.8, 4) is 11.5 Å². The molecule has 3 rings (SSSR count). The smallest absolute Gasteiger partial charge is 0.192 e. The predicted molar refractivity (Wildman–Crippen MR) is 93.5 cm³/mol. The van der Waals surface area contributed by atoms with Gasteiger partial charge in [-0.05, 0) is 12.1 Å². The van der Waals surface area contributed by atoms with E-state index in [0.717, 1.165) is 28.3 Å². The van der Waals surface area contributed by atoms with Crippen molar-refractivity contribution in [3.63, 3.8) is 0 Å². The summed E-state index contributed by atoms with van der Waals surface area (Å²) in [7, 11) is 0. The van der Waals surface area contributed by atoms with Gasteiger partial charge in [0.1, 0.15) is 11.5 Å². The first-order chi connectivity index (χ1) is 11.7. The number of hydrogen-bond donors (Lipinski definition) is 1. The van der Waals surface area contributed by atoms with Crippen molar-refractivity contribution in [1.82, 2.24) is 34.9 Å². The van der Waals surface area contributed by atoms with Gasteiger partial charge in [0.2, 0.25) is 0 Å². The Labute approximate surface area is 144 Å². The van der Waals surface area contributed by atoms with Crippen molar-refractivity contribution in [1.29, 1.82) is 0 Å². The fourth-order valence-electron chi connectivity index (χ4n) is 2.14. The van der Waals surface area contributed by atoms with Crippen molar-refractivity contribution in [2.24, 2.45) is 0 Å². The molecule has 124 valence electrons. The highest BCUT2D eigenvalue weighted by Crippen LogP contribution is 2.25. The maximum absolute atomic E-state index is 4.49. The second kappa shape index (κ2) is 7.39. The zero-order valence-corrected chi connectivity index (χ0v) is 14.5. The average molecular weight is 341 g/mol. The van der Waals surface area contributed by atoms with Crippen molar-refractivity contribution in [2.45, 2.75) is 37.2 Å². The van der Waals surface area contributed by atoms with Crippen molar-refractivity contribution >= 4 is 11.8 Å². The van der Waals surface area contributed by atoms with Crippen LogP contribution in [0.4, 0.5) is 0 Å². The molecule has 0 saturated carbocycles. The fourth-order valence-corrected chi connectivity index (χ4v) is 2.95. The zero-order chi connectivity index (χ0) is 16.9. The summed E-state index contributed by atoms with van der Waals surface area (Å²) < 4.78 is 2.00. The summed E-state index contributed by atoms with van der Waals surface area (Å²) in [6.07, 6.45) is 3.57. The lowest BCUT2D eigenvalue weighted by molar-refractivity contribution is 0.729. The molecule has 0 saturated heterocycles. The first-order valence-electron chi connectivity index (χ1n) is 7.68. The lowest BCUT2D eigenvalue weighted by Gasteiger charge is -2.06. The maximum atomic E-state index is 4.49. The van der Waals surface area contributed by atoms with E-state index < -0.39 is 0 Å². The van der Waals surface area contributed by atoms with Crippen LogP contribution in [0.25, 0.3) is 11.5 Å². The Bertz CT molecular complexity index is 807. The lowest BCUT2D eigenvalue weighted by Crippen LogP contribution is -2.01. The third kappa shape index (κ3) is 3.53. The first-order valence-corrected chi connectivity index (χ1v) is 8.67. The number of nitrogens with zero attached hydrogens (tertiary/aromatic N) is 6. The third-order valence-electron chi connectivity index (χ3n) is 3.33. The normalized spacial score (nSPS) is 11.1. The molecule has 0 aromatic carbocycles. The Kier molecular flexibility index (Phi) is 5.05. The number of rotatable bonds is 7. The largest absolute Gasteiger partial charge is 0.297 e. The molecule has 0 aliphatic carbocycles. The molecule has 0 bridgehead atoms. The Morgan fingerprint density at radius 2 is 2.21 bits per heavy atom. The van der Waals surface area contributed by atoms with Gasteiger partial charge in [0.25, 0.3) is 0 Å². The topological polar surface area (TPSA) is 85.2 Å². The quantitative estimate of drug-likeness (QED) is 0.525. The van der Waals surface area contributed by atoms with Crippen LogP contribution in [-0.2, 0) is 12.3 Å². The van der Waals surface area contributed by atoms with E-state index in [1.807, 2.05) is 28.8 Å². The minimum atomic E-state index is 0.306. The molecule has 0 amide bonds. The third-order valence-corrected chi connectivity index (χ3v) is 4.30. The molecule has 3 aromatic heterocycles. The van der Waals surface area contributed by atoms with Crippen LogP contribution in [0.1, 0.15) is 31.4 Å². The van der Waals surface area contributed by atoms with E-state index in [2.05, 4.69) is 50.8 Å². The maximum Gasteiger partial charge on any atom is 0.192 e. The molecule has 1 N–H and O–H groups in total. The summed E-state index contributed by atoms with van der Waals surface area (Å²) in [6.45, 7) is 8.58. The molecule has 0 unspecified atom stereocenters. The number of pyridine rings is 1. The van der Waals surface area contributed by atoms with Gasteiger partial charge < -0.3 is 0 Å². The molecule has 0 radical (unpaired) electrons. The van der Waals surface area contributed by atoms with E-state index in [1.54, 1.807) is 18.0 Å². The SMILES string of the molecule is C=CCn1c(SCc2nc(C(C)C)n[nH]2)nnc1-c1ccccn1. The summed E-state index contributed by atoms with van der Waals surface area (Å²) in [6, 6.07) is 5.73. The summed E-state index contributed by atoms with van der Waals surface area (Å²) in [5, 5.41) is 16.6. The number of thioether (sulfide) groups is 1. The molecule has 3 aromatic rings. The number of H-pyrrole nitrogens is 1. The van der Waals surface area contributed by atoms with Crippen LogP contribution in [0.2, 0.25) is 0 Å². The van der Waals surface area contributed by atoms with E-state index in [-0.39, 0.29) is 0 Å². The van der Waals surface area contributed by atoms with Crippen LogP contribution in [0.5, 0.6) is 0 Å². The van der Waals surface area contributed by atoms with Gasteiger partial charge in [0, 0.05) is 18.7 Å². The van der Waals surface area contributed by atoms with Gasteiger partial charge in [0.05, 0.1) is 5.75 Å². The summed E-state index contributed by atoms with van der Waals surface area (Å²) in [5.41, 5.74) is 0.792. The van der Waals surface area contributed by atoms with Gasteiger partial charge in [-0.25, -0.2) is 4.98 Å². The van der Waals surface area contributed by atoms with Gasteiger partial charge in [0.15, 0.2) is 16.8 Å². The highest BCUT2D eigenvalue weighted by molar-refractivity contribution is 7.98. The molecular weight excluding hydrogens is 322 g/mol. The minimum absolute atomic E-state index is 0.306.